The standard InChI is InChI=1S/C16H19N5O6/c1-8(22)12(15(24)25)19-16(26)18-10(7-11(17)23)14-21-20-13(27-14)9-5-3-2-4-6-9/h2-6,8,10,12,22H,7H2,1H3,(H2,17,23)(H,24,25)(H2,18,19,26)/t8?,10-,12-/m0/s1. The predicted octanol–water partition coefficient (Wildman–Crippen LogP) is -0.214. The summed E-state index contributed by atoms with van der Waals surface area (Å²) in [5.74, 6) is -2.07. The van der Waals surface area contributed by atoms with Gasteiger partial charge in [0.15, 0.2) is 6.04 Å². The number of primary amides is 1. The SMILES string of the molecule is CC(O)[C@H](NC(=O)N[C@@H](CC(N)=O)c1nnc(-c2ccccc2)o1)C(=O)O. The summed E-state index contributed by atoms with van der Waals surface area (Å²) >= 11 is 0. The van der Waals surface area contributed by atoms with E-state index < -0.39 is 36.1 Å². The first-order chi connectivity index (χ1) is 12.8. The molecule has 3 amide bonds. The third-order valence-electron chi connectivity index (χ3n) is 3.51. The number of hydrogen-bond acceptors (Lipinski definition) is 7. The molecule has 6 N–H and O–H groups in total. The summed E-state index contributed by atoms with van der Waals surface area (Å²) in [5, 5.41) is 30.5. The lowest BCUT2D eigenvalue weighted by molar-refractivity contribution is -0.141. The van der Waals surface area contributed by atoms with Gasteiger partial charge in [0.05, 0.1) is 12.5 Å². The van der Waals surface area contributed by atoms with Crippen molar-refractivity contribution in [3.05, 3.63) is 36.2 Å². The van der Waals surface area contributed by atoms with Crippen LogP contribution in [0.25, 0.3) is 11.5 Å². The van der Waals surface area contributed by atoms with E-state index in [9.17, 15) is 19.5 Å². The van der Waals surface area contributed by atoms with Gasteiger partial charge in [-0.3, -0.25) is 4.79 Å². The predicted molar refractivity (Wildman–Crippen MR) is 91.1 cm³/mol. The van der Waals surface area contributed by atoms with Crippen molar-refractivity contribution < 1.29 is 29.0 Å². The summed E-state index contributed by atoms with van der Waals surface area (Å²) in [5.41, 5.74) is 5.83. The van der Waals surface area contributed by atoms with Crippen molar-refractivity contribution in [1.29, 1.82) is 0 Å². The lowest BCUT2D eigenvalue weighted by Gasteiger charge is -2.19. The Morgan fingerprint density at radius 3 is 2.41 bits per heavy atom. The smallest absolute Gasteiger partial charge is 0.328 e. The van der Waals surface area contributed by atoms with Crippen LogP contribution in [0.1, 0.15) is 25.3 Å². The zero-order valence-corrected chi connectivity index (χ0v) is 14.3. The Morgan fingerprint density at radius 2 is 1.85 bits per heavy atom. The van der Waals surface area contributed by atoms with Crippen LogP contribution < -0.4 is 16.4 Å². The number of urea groups is 1. The number of nitrogens with zero attached hydrogens (tertiary/aromatic N) is 2. The van der Waals surface area contributed by atoms with E-state index in [1.807, 2.05) is 6.07 Å². The molecule has 1 aromatic heterocycles. The van der Waals surface area contributed by atoms with Gasteiger partial charge in [-0.05, 0) is 19.1 Å². The van der Waals surface area contributed by atoms with Gasteiger partial charge in [-0.2, -0.15) is 0 Å². The average Bonchev–Trinajstić information content (AvgIpc) is 3.09. The highest BCUT2D eigenvalue weighted by Crippen LogP contribution is 2.22. The number of aliphatic hydroxyl groups is 1. The van der Waals surface area contributed by atoms with Crippen LogP contribution in [0.2, 0.25) is 0 Å². The number of carboxylic acid groups (broad SMARTS) is 1. The molecule has 1 unspecified atom stereocenters. The monoisotopic (exact) mass is 377 g/mol. The highest BCUT2D eigenvalue weighted by atomic mass is 16.4. The van der Waals surface area contributed by atoms with Crippen molar-refractivity contribution in [3.8, 4) is 11.5 Å². The molecule has 144 valence electrons. The van der Waals surface area contributed by atoms with E-state index in [-0.39, 0.29) is 18.2 Å². The molecular formula is C16H19N5O6. The van der Waals surface area contributed by atoms with Crippen molar-refractivity contribution in [3.63, 3.8) is 0 Å². The van der Waals surface area contributed by atoms with E-state index in [2.05, 4.69) is 20.8 Å². The number of carbonyl (C=O) groups is 3. The molecule has 0 bridgehead atoms. The second kappa shape index (κ2) is 8.76. The molecule has 0 radical (unpaired) electrons. The summed E-state index contributed by atoms with van der Waals surface area (Å²) in [6.07, 6.45) is -1.69. The zero-order valence-electron chi connectivity index (χ0n) is 14.3. The van der Waals surface area contributed by atoms with Gasteiger partial charge in [0.1, 0.15) is 6.04 Å². The molecule has 0 aliphatic carbocycles. The Morgan fingerprint density at radius 1 is 1.19 bits per heavy atom. The van der Waals surface area contributed by atoms with Crippen molar-refractivity contribution in [2.45, 2.75) is 31.5 Å². The summed E-state index contributed by atoms with van der Waals surface area (Å²) < 4.78 is 5.50. The van der Waals surface area contributed by atoms with Gasteiger partial charge in [-0.1, -0.05) is 18.2 Å². The largest absolute Gasteiger partial charge is 0.480 e. The van der Waals surface area contributed by atoms with E-state index in [4.69, 9.17) is 15.3 Å². The lowest BCUT2D eigenvalue weighted by Crippen LogP contribution is -2.52. The van der Waals surface area contributed by atoms with Crippen LogP contribution in [0.3, 0.4) is 0 Å². The molecule has 1 heterocycles. The number of aliphatic carboxylic acids is 1. The number of hydrogen-bond donors (Lipinski definition) is 5. The summed E-state index contributed by atoms with van der Waals surface area (Å²) in [6, 6.07) is 5.26. The Labute approximate surface area is 153 Å². The Kier molecular flexibility index (Phi) is 6.44. The van der Waals surface area contributed by atoms with Crippen LogP contribution in [0.4, 0.5) is 4.79 Å². The van der Waals surface area contributed by atoms with Gasteiger partial charge in [-0.15, -0.1) is 10.2 Å². The maximum Gasteiger partial charge on any atom is 0.328 e. The average molecular weight is 377 g/mol. The van der Waals surface area contributed by atoms with Gasteiger partial charge < -0.3 is 31.0 Å². The number of aliphatic hydroxyl groups excluding tert-OH is 1. The number of nitrogens with two attached hydrogens (primary N) is 1. The number of carboxylic acids is 1. The second-order valence-corrected chi connectivity index (χ2v) is 5.71. The fraction of sp³-hybridized carbons (Fsp3) is 0.312. The maximum absolute atomic E-state index is 12.1. The molecule has 1 aromatic carbocycles. The number of benzene rings is 1. The van der Waals surface area contributed by atoms with Crippen LogP contribution in [0.15, 0.2) is 34.7 Å². The Balaban J connectivity index is 2.16. The zero-order chi connectivity index (χ0) is 20.0. The highest BCUT2D eigenvalue weighted by molar-refractivity contribution is 5.83. The molecule has 3 atom stereocenters. The third-order valence-corrected chi connectivity index (χ3v) is 3.51. The van der Waals surface area contributed by atoms with Crippen LogP contribution in [-0.2, 0) is 9.59 Å². The number of carbonyl (C=O) groups excluding carboxylic acids is 2. The van der Waals surface area contributed by atoms with E-state index in [1.165, 1.54) is 6.92 Å². The maximum atomic E-state index is 12.1. The fourth-order valence-corrected chi connectivity index (χ4v) is 2.20. The third kappa shape index (κ3) is 5.51. The lowest BCUT2D eigenvalue weighted by atomic mass is 10.2. The number of rotatable bonds is 8. The molecule has 0 saturated heterocycles. The van der Waals surface area contributed by atoms with Gasteiger partial charge in [-0.25, -0.2) is 9.59 Å². The minimum Gasteiger partial charge on any atom is -0.480 e. The van der Waals surface area contributed by atoms with E-state index >= 15 is 0 Å². The normalized spacial score (nSPS) is 14.0. The summed E-state index contributed by atoms with van der Waals surface area (Å²) in [6.45, 7) is 1.21. The number of aromatic nitrogens is 2. The number of nitrogens with one attached hydrogen (secondary N) is 2. The molecule has 0 aliphatic heterocycles. The minimum atomic E-state index is -1.54. The minimum absolute atomic E-state index is 0.0771. The van der Waals surface area contributed by atoms with Crippen molar-refractivity contribution in [2.24, 2.45) is 5.73 Å². The summed E-state index contributed by atoms with van der Waals surface area (Å²) in [4.78, 5) is 34.4. The van der Waals surface area contributed by atoms with Crippen LogP contribution >= 0.6 is 0 Å². The van der Waals surface area contributed by atoms with E-state index in [1.54, 1.807) is 24.3 Å². The van der Waals surface area contributed by atoms with Crippen LogP contribution in [-0.4, -0.2) is 50.5 Å². The van der Waals surface area contributed by atoms with Gasteiger partial charge in [0.2, 0.25) is 17.7 Å². The quantitative estimate of drug-likeness (QED) is 0.419. The van der Waals surface area contributed by atoms with Gasteiger partial charge in [0.25, 0.3) is 0 Å². The topological polar surface area (TPSA) is 181 Å². The number of amides is 3. The van der Waals surface area contributed by atoms with Crippen LogP contribution in [0, 0.1) is 0 Å². The van der Waals surface area contributed by atoms with Gasteiger partial charge >= 0.3 is 12.0 Å². The molecule has 2 aromatic rings. The molecule has 27 heavy (non-hydrogen) atoms. The van der Waals surface area contributed by atoms with Crippen molar-refractivity contribution in [1.82, 2.24) is 20.8 Å². The first-order valence-corrected chi connectivity index (χ1v) is 7.93. The highest BCUT2D eigenvalue weighted by Gasteiger charge is 2.28. The van der Waals surface area contributed by atoms with E-state index in [0.29, 0.717) is 5.56 Å². The Bertz CT molecular complexity index is 807. The molecular weight excluding hydrogens is 358 g/mol. The first kappa shape index (κ1) is 19.8. The molecule has 0 spiro atoms. The fourth-order valence-electron chi connectivity index (χ4n) is 2.20. The Hall–Kier alpha value is -3.47. The molecule has 0 aliphatic rings. The van der Waals surface area contributed by atoms with E-state index in [0.717, 1.165) is 0 Å². The van der Waals surface area contributed by atoms with Crippen LogP contribution in [0.5, 0.6) is 0 Å². The molecule has 0 saturated carbocycles. The molecule has 11 heteroatoms. The second-order valence-electron chi connectivity index (χ2n) is 5.71. The van der Waals surface area contributed by atoms with Gasteiger partial charge in [0, 0.05) is 5.56 Å². The van der Waals surface area contributed by atoms with Crippen molar-refractivity contribution in [2.75, 3.05) is 0 Å². The summed E-state index contributed by atoms with van der Waals surface area (Å²) in [7, 11) is 0. The molecule has 0 fully saturated rings. The molecule has 11 nitrogen and oxygen atoms in total. The molecule has 2 rings (SSSR count). The van der Waals surface area contributed by atoms with Crippen molar-refractivity contribution >= 4 is 17.9 Å². The first-order valence-electron chi connectivity index (χ1n) is 7.93.